The molecule has 92 valence electrons. The molecule has 0 bridgehead atoms. The van der Waals surface area contributed by atoms with E-state index in [1.807, 2.05) is 36.4 Å². The van der Waals surface area contributed by atoms with Gasteiger partial charge in [0.25, 0.3) is 0 Å². The fourth-order valence-corrected chi connectivity index (χ4v) is 2.64. The van der Waals surface area contributed by atoms with Gasteiger partial charge >= 0.3 is 5.97 Å². The molecule has 0 spiro atoms. The number of benzene rings is 2. The van der Waals surface area contributed by atoms with Gasteiger partial charge in [-0.15, -0.1) is 0 Å². The quantitative estimate of drug-likeness (QED) is 0.721. The summed E-state index contributed by atoms with van der Waals surface area (Å²) in [5.41, 5.74) is 3.46. The first-order chi connectivity index (χ1) is 9.24. The van der Waals surface area contributed by atoms with Gasteiger partial charge in [0, 0.05) is 17.2 Å². The van der Waals surface area contributed by atoms with Crippen LogP contribution in [0.2, 0.25) is 0 Å². The number of aliphatic imine (C=N–C) groups is 1. The minimum Gasteiger partial charge on any atom is -0.477 e. The van der Waals surface area contributed by atoms with Gasteiger partial charge in [0.2, 0.25) is 0 Å². The Morgan fingerprint density at radius 1 is 1.16 bits per heavy atom. The van der Waals surface area contributed by atoms with E-state index in [0.717, 1.165) is 33.2 Å². The standard InChI is InChI=1S/C15H9NO3/c17-15(18)11-7-9-10(16-11)5-6-13-14(9)8-3-1-2-4-12(8)19-13/h1-6H,7H2,(H,17,18). The van der Waals surface area contributed by atoms with Gasteiger partial charge in [-0.2, -0.15) is 0 Å². The Morgan fingerprint density at radius 2 is 2.00 bits per heavy atom. The molecule has 4 heteroatoms. The number of carboxylic acids is 1. The van der Waals surface area contributed by atoms with Crippen molar-refractivity contribution in [2.24, 2.45) is 4.99 Å². The van der Waals surface area contributed by atoms with Crippen molar-refractivity contribution < 1.29 is 14.3 Å². The third kappa shape index (κ3) is 1.34. The van der Waals surface area contributed by atoms with E-state index in [9.17, 15) is 4.79 Å². The highest BCUT2D eigenvalue weighted by molar-refractivity contribution is 6.38. The minimum absolute atomic E-state index is 0.188. The van der Waals surface area contributed by atoms with E-state index in [4.69, 9.17) is 9.52 Å². The van der Waals surface area contributed by atoms with E-state index < -0.39 is 5.97 Å². The Balaban J connectivity index is 2.07. The summed E-state index contributed by atoms with van der Waals surface area (Å²) in [6.45, 7) is 0. The summed E-state index contributed by atoms with van der Waals surface area (Å²) in [5, 5.41) is 11.1. The lowest BCUT2D eigenvalue weighted by atomic mass is 10.0. The molecule has 0 unspecified atom stereocenters. The molecule has 1 aliphatic rings. The van der Waals surface area contributed by atoms with Gasteiger partial charge in [0.05, 0.1) is 5.69 Å². The van der Waals surface area contributed by atoms with Crippen molar-refractivity contribution in [3.8, 4) is 0 Å². The van der Waals surface area contributed by atoms with Crippen LogP contribution in [0.1, 0.15) is 5.56 Å². The summed E-state index contributed by atoms with van der Waals surface area (Å²) in [6, 6.07) is 11.4. The Bertz CT molecular complexity index is 874. The molecular weight excluding hydrogens is 242 g/mol. The van der Waals surface area contributed by atoms with Crippen LogP contribution in [-0.2, 0) is 11.2 Å². The number of para-hydroxylation sites is 1. The van der Waals surface area contributed by atoms with E-state index in [1.165, 1.54) is 0 Å². The molecule has 0 radical (unpaired) electrons. The molecule has 0 aliphatic carbocycles. The molecule has 4 rings (SSSR count). The minimum atomic E-state index is -0.961. The van der Waals surface area contributed by atoms with Crippen molar-refractivity contribution in [1.29, 1.82) is 0 Å². The van der Waals surface area contributed by atoms with Crippen LogP contribution < -0.4 is 0 Å². The van der Waals surface area contributed by atoms with Gasteiger partial charge in [-0.25, -0.2) is 9.79 Å². The van der Waals surface area contributed by atoms with E-state index in [0.29, 0.717) is 6.42 Å². The van der Waals surface area contributed by atoms with E-state index >= 15 is 0 Å². The van der Waals surface area contributed by atoms with Crippen molar-refractivity contribution in [3.63, 3.8) is 0 Å². The molecular formula is C15H9NO3. The molecule has 0 saturated heterocycles. The second-order valence-corrected chi connectivity index (χ2v) is 4.58. The number of nitrogens with zero attached hydrogens (tertiary/aromatic N) is 1. The largest absolute Gasteiger partial charge is 0.477 e. The van der Waals surface area contributed by atoms with Gasteiger partial charge in [-0.05, 0) is 23.8 Å². The van der Waals surface area contributed by atoms with Gasteiger partial charge in [0.1, 0.15) is 16.9 Å². The number of aliphatic carboxylic acids is 1. The lowest BCUT2D eigenvalue weighted by Crippen LogP contribution is -2.12. The van der Waals surface area contributed by atoms with Crippen molar-refractivity contribution >= 4 is 39.3 Å². The van der Waals surface area contributed by atoms with Crippen molar-refractivity contribution in [2.45, 2.75) is 6.42 Å². The Kier molecular flexibility index (Phi) is 1.87. The van der Waals surface area contributed by atoms with Gasteiger partial charge in [-0.1, -0.05) is 18.2 Å². The Morgan fingerprint density at radius 3 is 2.84 bits per heavy atom. The Labute approximate surface area is 108 Å². The first-order valence-electron chi connectivity index (χ1n) is 5.98. The Hall–Kier alpha value is -2.62. The fraction of sp³-hybridized carbons (Fsp3) is 0.0667. The molecule has 0 fully saturated rings. The summed E-state index contributed by atoms with van der Waals surface area (Å²) >= 11 is 0. The maximum atomic E-state index is 11.1. The summed E-state index contributed by atoms with van der Waals surface area (Å²) in [4.78, 5) is 15.2. The molecule has 1 aliphatic heterocycles. The van der Waals surface area contributed by atoms with Crippen molar-refractivity contribution in [3.05, 3.63) is 42.0 Å². The van der Waals surface area contributed by atoms with Crippen LogP contribution >= 0.6 is 0 Å². The number of fused-ring (bicyclic) bond motifs is 5. The zero-order valence-electron chi connectivity index (χ0n) is 9.88. The van der Waals surface area contributed by atoms with Crippen LogP contribution in [-0.4, -0.2) is 16.8 Å². The van der Waals surface area contributed by atoms with E-state index in [-0.39, 0.29) is 5.71 Å². The molecule has 2 heterocycles. The van der Waals surface area contributed by atoms with Crippen LogP contribution in [0.15, 0.2) is 45.8 Å². The van der Waals surface area contributed by atoms with Crippen molar-refractivity contribution in [2.75, 3.05) is 0 Å². The number of furan rings is 1. The molecule has 3 aromatic rings. The number of hydrogen-bond donors (Lipinski definition) is 1. The van der Waals surface area contributed by atoms with E-state index in [1.54, 1.807) is 0 Å². The number of hydrogen-bond acceptors (Lipinski definition) is 3. The first-order valence-corrected chi connectivity index (χ1v) is 5.98. The zero-order chi connectivity index (χ0) is 13.0. The summed E-state index contributed by atoms with van der Waals surface area (Å²) in [5.74, 6) is -0.961. The van der Waals surface area contributed by atoms with Gasteiger partial charge < -0.3 is 9.52 Å². The summed E-state index contributed by atoms with van der Waals surface area (Å²) < 4.78 is 5.78. The first kappa shape index (κ1) is 10.3. The molecule has 4 nitrogen and oxygen atoms in total. The van der Waals surface area contributed by atoms with Gasteiger partial charge in [-0.3, -0.25) is 0 Å². The number of carboxylic acid groups (broad SMARTS) is 1. The summed E-state index contributed by atoms with van der Waals surface area (Å²) in [7, 11) is 0. The smallest absolute Gasteiger partial charge is 0.350 e. The van der Waals surface area contributed by atoms with Crippen LogP contribution in [0.4, 0.5) is 5.69 Å². The highest BCUT2D eigenvalue weighted by atomic mass is 16.4. The number of carbonyl (C=O) groups is 1. The van der Waals surface area contributed by atoms with Crippen LogP contribution in [0.3, 0.4) is 0 Å². The maximum Gasteiger partial charge on any atom is 0.350 e. The van der Waals surface area contributed by atoms with Crippen molar-refractivity contribution in [1.82, 2.24) is 0 Å². The third-order valence-electron chi connectivity index (χ3n) is 3.47. The predicted octanol–water partition coefficient (Wildman–Crippen LogP) is 3.30. The van der Waals surface area contributed by atoms with Crippen LogP contribution in [0, 0.1) is 0 Å². The van der Waals surface area contributed by atoms with Gasteiger partial charge in [0.15, 0.2) is 0 Å². The molecule has 1 aromatic heterocycles. The van der Waals surface area contributed by atoms with E-state index in [2.05, 4.69) is 4.99 Å². The molecule has 0 saturated carbocycles. The lowest BCUT2D eigenvalue weighted by molar-refractivity contribution is -0.129. The maximum absolute atomic E-state index is 11.1. The topological polar surface area (TPSA) is 62.8 Å². The molecule has 2 aromatic carbocycles. The average Bonchev–Trinajstić information content (AvgIpc) is 2.98. The molecule has 0 amide bonds. The lowest BCUT2D eigenvalue weighted by Gasteiger charge is -1.98. The normalized spacial score (nSPS) is 13.8. The predicted molar refractivity (Wildman–Crippen MR) is 72.2 cm³/mol. The second-order valence-electron chi connectivity index (χ2n) is 4.58. The number of rotatable bonds is 1. The molecule has 19 heavy (non-hydrogen) atoms. The second kappa shape index (κ2) is 3.45. The summed E-state index contributed by atoms with van der Waals surface area (Å²) in [6.07, 6.45) is 0.353. The zero-order valence-corrected chi connectivity index (χ0v) is 9.88. The monoisotopic (exact) mass is 251 g/mol. The highest BCUT2D eigenvalue weighted by Crippen LogP contribution is 2.38. The molecule has 1 N–H and O–H groups in total. The molecule has 0 atom stereocenters. The fourth-order valence-electron chi connectivity index (χ4n) is 2.64. The highest BCUT2D eigenvalue weighted by Gasteiger charge is 2.24. The third-order valence-corrected chi connectivity index (χ3v) is 3.47. The average molecular weight is 251 g/mol. The SMILES string of the molecule is O=C(O)C1=Nc2ccc3oc4ccccc4c3c2C1. The van der Waals surface area contributed by atoms with Crippen LogP contribution in [0.25, 0.3) is 21.9 Å². The van der Waals surface area contributed by atoms with Crippen LogP contribution in [0.5, 0.6) is 0 Å².